The Bertz CT molecular complexity index is 478. The van der Waals surface area contributed by atoms with Crippen molar-refractivity contribution in [2.45, 2.75) is 19.5 Å². The summed E-state index contributed by atoms with van der Waals surface area (Å²) in [5, 5.41) is 24.1. The third-order valence-electron chi connectivity index (χ3n) is 2.39. The van der Waals surface area contributed by atoms with Gasteiger partial charge in [0.1, 0.15) is 6.33 Å². The summed E-state index contributed by atoms with van der Waals surface area (Å²) in [6.45, 7) is 1.99. The van der Waals surface area contributed by atoms with E-state index in [0.717, 1.165) is 24.5 Å². The van der Waals surface area contributed by atoms with Crippen LogP contribution in [0.5, 0.6) is 0 Å². The summed E-state index contributed by atoms with van der Waals surface area (Å²) >= 11 is 0. The fourth-order valence-electron chi connectivity index (χ4n) is 1.55. The van der Waals surface area contributed by atoms with Crippen LogP contribution in [0.3, 0.4) is 0 Å². The lowest BCUT2D eigenvalue weighted by Crippen LogP contribution is -2.17. The third kappa shape index (κ3) is 3.60. The predicted molar refractivity (Wildman–Crippen MR) is 63.5 cm³/mol. The molecular formula is C10H17N7O. The summed E-state index contributed by atoms with van der Waals surface area (Å²) in [7, 11) is 1.85. The predicted octanol–water partition coefficient (Wildman–Crippen LogP) is -1.27. The molecule has 0 saturated heterocycles. The molecule has 0 atom stereocenters. The highest BCUT2D eigenvalue weighted by Gasteiger charge is 2.01. The highest BCUT2D eigenvalue weighted by atomic mass is 16.3. The van der Waals surface area contributed by atoms with Gasteiger partial charge in [-0.25, -0.2) is 9.67 Å². The first-order valence-corrected chi connectivity index (χ1v) is 5.83. The highest BCUT2D eigenvalue weighted by Crippen LogP contribution is 1.93. The van der Waals surface area contributed by atoms with Crippen molar-refractivity contribution in [3.63, 3.8) is 0 Å². The fraction of sp³-hybridized carbons (Fsp3) is 0.600. The van der Waals surface area contributed by atoms with E-state index in [4.69, 9.17) is 5.11 Å². The fourth-order valence-corrected chi connectivity index (χ4v) is 1.55. The maximum absolute atomic E-state index is 8.75. The first-order valence-electron chi connectivity index (χ1n) is 5.83. The van der Waals surface area contributed by atoms with Crippen LogP contribution in [0.15, 0.2) is 12.5 Å². The number of hydrogen-bond acceptors (Lipinski definition) is 6. The first kappa shape index (κ1) is 12.7. The van der Waals surface area contributed by atoms with E-state index in [9.17, 15) is 0 Å². The Kier molecular flexibility index (Phi) is 4.37. The largest absolute Gasteiger partial charge is 0.394 e. The van der Waals surface area contributed by atoms with Crippen molar-refractivity contribution in [2.24, 2.45) is 7.05 Å². The van der Waals surface area contributed by atoms with Crippen molar-refractivity contribution in [1.29, 1.82) is 0 Å². The Balaban J connectivity index is 1.68. The Morgan fingerprint density at radius 3 is 3.06 bits per heavy atom. The van der Waals surface area contributed by atoms with Gasteiger partial charge in [0.15, 0.2) is 5.82 Å². The van der Waals surface area contributed by atoms with Gasteiger partial charge in [0.25, 0.3) is 0 Å². The topological polar surface area (TPSA) is 93.7 Å². The van der Waals surface area contributed by atoms with E-state index < -0.39 is 0 Å². The molecular weight excluding hydrogens is 234 g/mol. The number of nitrogens with zero attached hydrogens (tertiary/aromatic N) is 6. The molecule has 8 heteroatoms. The zero-order chi connectivity index (χ0) is 12.8. The lowest BCUT2D eigenvalue weighted by Gasteiger charge is -1.99. The van der Waals surface area contributed by atoms with Crippen LogP contribution in [-0.4, -0.2) is 48.0 Å². The smallest absolute Gasteiger partial charge is 0.151 e. The molecule has 0 bridgehead atoms. The Morgan fingerprint density at radius 2 is 2.33 bits per heavy atom. The number of hydrogen-bond donors (Lipinski definition) is 2. The molecule has 8 nitrogen and oxygen atoms in total. The molecule has 0 aliphatic heterocycles. The number of aliphatic hydroxyl groups is 1. The van der Waals surface area contributed by atoms with E-state index in [2.05, 4.69) is 25.7 Å². The van der Waals surface area contributed by atoms with Gasteiger partial charge < -0.3 is 10.4 Å². The maximum Gasteiger partial charge on any atom is 0.151 e. The van der Waals surface area contributed by atoms with Crippen LogP contribution >= 0.6 is 0 Å². The molecule has 18 heavy (non-hydrogen) atoms. The number of aliphatic hydroxyl groups excluding tert-OH is 1. The molecule has 2 rings (SSSR count). The second kappa shape index (κ2) is 6.22. The normalized spacial score (nSPS) is 11.0. The minimum absolute atomic E-state index is 0.0710. The van der Waals surface area contributed by atoms with Gasteiger partial charge in [-0.2, -0.15) is 5.10 Å². The molecule has 0 radical (unpaired) electrons. The lowest BCUT2D eigenvalue weighted by molar-refractivity contribution is 0.268. The van der Waals surface area contributed by atoms with Gasteiger partial charge in [0, 0.05) is 32.8 Å². The molecule has 98 valence electrons. The van der Waals surface area contributed by atoms with Crippen LogP contribution in [0, 0.1) is 0 Å². The van der Waals surface area contributed by atoms with E-state index in [0.29, 0.717) is 13.1 Å². The highest BCUT2D eigenvalue weighted by molar-refractivity contribution is 4.92. The molecule has 2 heterocycles. The molecule has 2 aromatic rings. The Morgan fingerprint density at radius 1 is 1.44 bits per heavy atom. The monoisotopic (exact) mass is 251 g/mol. The van der Waals surface area contributed by atoms with Crippen LogP contribution < -0.4 is 5.32 Å². The van der Waals surface area contributed by atoms with E-state index in [-0.39, 0.29) is 6.61 Å². The number of nitrogens with one attached hydrogen (secondary N) is 1. The quantitative estimate of drug-likeness (QED) is 0.596. The average molecular weight is 251 g/mol. The van der Waals surface area contributed by atoms with Crippen molar-refractivity contribution in [3.8, 4) is 0 Å². The van der Waals surface area contributed by atoms with Crippen molar-refractivity contribution in [3.05, 3.63) is 24.0 Å². The van der Waals surface area contributed by atoms with Gasteiger partial charge in [0.2, 0.25) is 0 Å². The Hall–Kier alpha value is -1.80. The van der Waals surface area contributed by atoms with Gasteiger partial charge in [-0.3, -0.25) is 4.68 Å². The standard InChI is InChI=1S/C10H17N7O/c1-16-8-12-10(14-16)2-3-11-6-9-7-17(4-5-18)15-13-9/h7-8,11,18H,2-6H2,1H3. The van der Waals surface area contributed by atoms with Crippen molar-refractivity contribution >= 4 is 0 Å². The molecule has 0 fully saturated rings. The molecule has 0 spiro atoms. The number of rotatable bonds is 7. The number of aryl methyl sites for hydroxylation is 1. The summed E-state index contributed by atoms with van der Waals surface area (Å²) in [6, 6.07) is 0. The summed E-state index contributed by atoms with van der Waals surface area (Å²) < 4.78 is 3.31. The minimum Gasteiger partial charge on any atom is -0.394 e. The van der Waals surface area contributed by atoms with E-state index in [1.54, 1.807) is 15.7 Å². The van der Waals surface area contributed by atoms with Crippen LogP contribution in [0.4, 0.5) is 0 Å². The molecule has 2 aromatic heterocycles. The zero-order valence-electron chi connectivity index (χ0n) is 10.3. The number of aromatic nitrogens is 6. The molecule has 0 unspecified atom stereocenters. The molecule has 0 aliphatic rings. The van der Waals surface area contributed by atoms with Crippen molar-refractivity contribution in [1.82, 2.24) is 35.1 Å². The summed E-state index contributed by atoms with van der Waals surface area (Å²) in [5.41, 5.74) is 0.859. The maximum atomic E-state index is 8.75. The molecule has 2 N–H and O–H groups in total. The van der Waals surface area contributed by atoms with E-state index in [1.807, 2.05) is 13.2 Å². The third-order valence-corrected chi connectivity index (χ3v) is 2.39. The van der Waals surface area contributed by atoms with E-state index in [1.165, 1.54) is 0 Å². The SMILES string of the molecule is Cn1cnc(CCNCc2cn(CCO)nn2)n1. The van der Waals surface area contributed by atoms with E-state index >= 15 is 0 Å². The van der Waals surface area contributed by atoms with Gasteiger partial charge in [-0.15, -0.1) is 5.10 Å². The zero-order valence-corrected chi connectivity index (χ0v) is 10.3. The van der Waals surface area contributed by atoms with Gasteiger partial charge in [0.05, 0.1) is 18.8 Å². The van der Waals surface area contributed by atoms with Gasteiger partial charge >= 0.3 is 0 Å². The van der Waals surface area contributed by atoms with Gasteiger partial charge in [-0.1, -0.05) is 5.21 Å². The first-order chi connectivity index (χ1) is 8.78. The summed E-state index contributed by atoms with van der Waals surface area (Å²) in [5.74, 6) is 0.828. The minimum atomic E-state index is 0.0710. The van der Waals surface area contributed by atoms with Crippen molar-refractivity contribution < 1.29 is 5.11 Å². The van der Waals surface area contributed by atoms with Crippen LogP contribution in [-0.2, 0) is 26.6 Å². The summed E-state index contributed by atoms with van der Waals surface area (Å²) in [6.07, 6.45) is 4.30. The second-order valence-electron chi connectivity index (χ2n) is 3.96. The second-order valence-corrected chi connectivity index (χ2v) is 3.96. The molecule has 0 aromatic carbocycles. The van der Waals surface area contributed by atoms with Crippen molar-refractivity contribution in [2.75, 3.05) is 13.2 Å². The van der Waals surface area contributed by atoms with Crippen LogP contribution in [0.2, 0.25) is 0 Å². The van der Waals surface area contributed by atoms with Crippen LogP contribution in [0.1, 0.15) is 11.5 Å². The average Bonchev–Trinajstić information content (AvgIpc) is 2.95. The molecule has 0 amide bonds. The molecule has 0 aliphatic carbocycles. The lowest BCUT2D eigenvalue weighted by atomic mass is 10.4. The Labute approximate surface area is 105 Å². The van der Waals surface area contributed by atoms with Gasteiger partial charge in [-0.05, 0) is 0 Å². The van der Waals surface area contributed by atoms with Crippen LogP contribution in [0.25, 0.3) is 0 Å². The summed E-state index contributed by atoms with van der Waals surface area (Å²) in [4.78, 5) is 4.14. The molecule has 0 saturated carbocycles.